The highest BCUT2D eigenvalue weighted by molar-refractivity contribution is 9.10. The van der Waals surface area contributed by atoms with Crippen LogP contribution in [0.2, 0.25) is 0 Å². The number of amides is 2. The predicted molar refractivity (Wildman–Crippen MR) is 137 cm³/mol. The molecule has 0 bridgehead atoms. The summed E-state index contributed by atoms with van der Waals surface area (Å²) in [6.07, 6.45) is 0.469. The number of halogens is 1. The lowest BCUT2D eigenvalue weighted by molar-refractivity contribution is -0.117. The Morgan fingerprint density at radius 1 is 1.09 bits per heavy atom. The Bertz CT molecular complexity index is 1290. The molecule has 170 valence electrons. The van der Waals surface area contributed by atoms with Gasteiger partial charge in [-0.05, 0) is 48.4 Å². The Morgan fingerprint density at radius 3 is 2.44 bits per heavy atom. The highest BCUT2D eigenvalue weighted by Crippen LogP contribution is 2.42. The topological polar surface area (TPSA) is 82.4 Å². The third-order valence-electron chi connectivity index (χ3n) is 5.21. The number of rotatable bonds is 6. The SMILES string of the molecule is COc1ccccc1NC(=O)/C(C#N)=C1\SC(Cc2ccc(Br)cc2)C(=O)N1c1ccccc1. The lowest BCUT2D eigenvalue weighted by atomic mass is 10.1. The van der Waals surface area contributed by atoms with Crippen LogP contribution in [0, 0.1) is 11.3 Å². The number of para-hydroxylation sites is 3. The number of ether oxygens (including phenoxy) is 1. The van der Waals surface area contributed by atoms with Crippen molar-refractivity contribution in [2.75, 3.05) is 17.3 Å². The van der Waals surface area contributed by atoms with Crippen LogP contribution in [0.4, 0.5) is 11.4 Å². The van der Waals surface area contributed by atoms with Gasteiger partial charge in [0.15, 0.2) is 0 Å². The third kappa shape index (κ3) is 5.01. The molecule has 0 aromatic heterocycles. The van der Waals surface area contributed by atoms with Gasteiger partial charge in [-0.3, -0.25) is 14.5 Å². The van der Waals surface area contributed by atoms with E-state index in [9.17, 15) is 14.9 Å². The van der Waals surface area contributed by atoms with E-state index < -0.39 is 11.2 Å². The van der Waals surface area contributed by atoms with Crippen LogP contribution in [0.5, 0.6) is 5.75 Å². The van der Waals surface area contributed by atoms with Crippen LogP contribution in [-0.2, 0) is 16.0 Å². The molecule has 3 aromatic rings. The molecule has 1 atom stereocenters. The quantitative estimate of drug-likeness (QED) is 0.333. The van der Waals surface area contributed by atoms with Crippen LogP contribution in [0.25, 0.3) is 0 Å². The van der Waals surface area contributed by atoms with Gasteiger partial charge in [-0.25, -0.2) is 0 Å². The first kappa shape index (κ1) is 23.6. The molecule has 1 fully saturated rings. The van der Waals surface area contributed by atoms with E-state index in [0.29, 0.717) is 28.6 Å². The average Bonchev–Trinajstić information content (AvgIpc) is 3.17. The van der Waals surface area contributed by atoms with Gasteiger partial charge in [0.2, 0.25) is 5.91 Å². The van der Waals surface area contributed by atoms with E-state index in [4.69, 9.17) is 4.74 Å². The Hall–Kier alpha value is -3.54. The first-order chi connectivity index (χ1) is 16.5. The van der Waals surface area contributed by atoms with Crippen molar-refractivity contribution in [3.05, 3.63) is 99.5 Å². The van der Waals surface area contributed by atoms with E-state index in [-0.39, 0.29) is 11.5 Å². The second kappa shape index (κ2) is 10.6. The van der Waals surface area contributed by atoms with E-state index >= 15 is 0 Å². The number of thioether (sulfide) groups is 1. The second-order valence-electron chi connectivity index (χ2n) is 7.39. The number of nitrogens with one attached hydrogen (secondary N) is 1. The number of nitriles is 1. The summed E-state index contributed by atoms with van der Waals surface area (Å²) in [4.78, 5) is 28.1. The standard InChI is InChI=1S/C26H20BrN3O3S/c1-33-22-10-6-5-9-21(22)29-24(31)20(16-28)26-30(19-7-3-2-4-8-19)25(32)23(34-26)15-17-11-13-18(27)14-12-17/h2-14,23H,15H2,1H3,(H,29,31)/b26-20-. The smallest absolute Gasteiger partial charge is 0.269 e. The lowest BCUT2D eigenvalue weighted by Gasteiger charge is -2.18. The summed E-state index contributed by atoms with van der Waals surface area (Å²) in [7, 11) is 1.50. The van der Waals surface area contributed by atoms with E-state index in [1.165, 1.54) is 23.8 Å². The average molecular weight is 534 g/mol. The van der Waals surface area contributed by atoms with Gasteiger partial charge in [0.1, 0.15) is 22.4 Å². The Morgan fingerprint density at radius 2 is 1.76 bits per heavy atom. The molecule has 8 heteroatoms. The number of carbonyl (C=O) groups is 2. The zero-order chi connectivity index (χ0) is 24.1. The second-order valence-corrected chi connectivity index (χ2v) is 9.50. The van der Waals surface area contributed by atoms with Crippen LogP contribution >= 0.6 is 27.7 Å². The fraction of sp³-hybridized carbons (Fsp3) is 0.115. The van der Waals surface area contributed by atoms with Crippen LogP contribution < -0.4 is 15.0 Å². The van der Waals surface area contributed by atoms with Crippen LogP contribution in [0.3, 0.4) is 0 Å². The van der Waals surface area contributed by atoms with E-state index in [1.807, 2.05) is 48.5 Å². The minimum absolute atomic E-state index is 0.133. The van der Waals surface area contributed by atoms with Crippen molar-refractivity contribution >= 4 is 50.9 Å². The molecule has 4 rings (SSSR count). The number of carbonyl (C=O) groups excluding carboxylic acids is 2. The number of methoxy groups -OCH3 is 1. The third-order valence-corrected chi connectivity index (χ3v) is 7.00. The predicted octanol–water partition coefficient (Wildman–Crippen LogP) is 5.52. The molecule has 1 aliphatic heterocycles. The van der Waals surface area contributed by atoms with Crippen molar-refractivity contribution in [3.63, 3.8) is 0 Å². The summed E-state index contributed by atoms with van der Waals surface area (Å²) < 4.78 is 6.25. The van der Waals surface area contributed by atoms with Crippen LogP contribution in [0.1, 0.15) is 5.56 Å². The largest absolute Gasteiger partial charge is 0.495 e. The molecular weight excluding hydrogens is 514 g/mol. The molecule has 3 aromatic carbocycles. The van der Waals surface area contributed by atoms with Crippen molar-refractivity contribution in [2.24, 2.45) is 0 Å². The lowest BCUT2D eigenvalue weighted by Crippen LogP contribution is -2.30. The fourth-order valence-corrected chi connectivity index (χ4v) is 5.14. The molecule has 0 aliphatic carbocycles. The number of hydrogen-bond acceptors (Lipinski definition) is 5. The molecule has 2 amide bonds. The van der Waals surface area contributed by atoms with Crippen molar-refractivity contribution in [3.8, 4) is 11.8 Å². The number of hydrogen-bond donors (Lipinski definition) is 1. The van der Waals surface area contributed by atoms with Gasteiger partial charge < -0.3 is 10.1 Å². The normalized spacial score (nSPS) is 16.7. The van der Waals surface area contributed by atoms with E-state index in [1.54, 1.807) is 36.4 Å². The van der Waals surface area contributed by atoms with Gasteiger partial charge in [0.05, 0.1) is 18.0 Å². The number of benzene rings is 3. The van der Waals surface area contributed by atoms with Gasteiger partial charge in [-0.2, -0.15) is 5.26 Å². The van der Waals surface area contributed by atoms with Crippen molar-refractivity contribution in [1.82, 2.24) is 0 Å². The molecule has 6 nitrogen and oxygen atoms in total. The summed E-state index contributed by atoms with van der Waals surface area (Å²) in [5.41, 5.74) is 1.90. The van der Waals surface area contributed by atoms with Gasteiger partial charge in [-0.1, -0.05) is 70.2 Å². The molecule has 0 saturated carbocycles. The molecular formula is C26H20BrN3O3S. The van der Waals surface area contributed by atoms with Gasteiger partial charge in [-0.15, -0.1) is 0 Å². The van der Waals surface area contributed by atoms with Gasteiger partial charge >= 0.3 is 0 Å². The number of nitrogens with zero attached hydrogens (tertiary/aromatic N) is 2. The van der Waals surface area contributed by atoms with E-state index in [0.717, 1.165) is 10.0 Å². The Balaban J connectivity index is 1.71. The maximum Gasteiger partial charge on any atom is 0.269 e. The summed E-state index contributed by atoms with van der Waals surface area (Å²) in [6.45, 7) is 0. The van der Waals surface area contributed by atoms with E-state index in [2.05, 4.69) is 21.2 Å². The summed E-state index contributed by atoms with van der Waals surface area (Å²) in [5, 5.41) is 12.5. The van der Waals surface area contributed by atoms with Crippen molar-refractivity contribution < 1.29 is 14.3 Å². The fourth-order valence-electron chi connectivity index (χ4n) is 3.57. The Labute approximate surface area is 210 Å². The minimum atomic E-state index is -0.604. The zero-order valence-corrected chi connectivity index (χ0v) is 20.6. The molecule has 1 aliphatic rings. The first-order valence-electron chi connectivity index (χ1n) is 10.4. The molecule has 1 heterocycles. The molecule has 34 heavy (non-hydrogen) atoms. The molecule has 1 unspecified atom stereocenters. The monoisotopic (exact) mass is 533 g/mol. The highest BCUT2D eigenvalue weighted by Gasteiger charge is 2.40. The molecule has 0 radical (unpaired) electrons. The van der Waals surface area contributed by atoms with Gasteiger partial charge in [0.25, 0.3) is 5.91 Å². The van der Waals surface area contributed by atoms with Gasteiger partial charge in [0, 0.05) is 10.2 Å². The molecule has 0 spiro atoms. The van der Waals surface area contributed by atoms with Crippen molar-refractivity contribution in [1.29, 1.82) is 5.26 Å². The summed E-state index contributed by atoms with van der Waals surface area (Å²) in [6, 6.07) is 25.8. The summed E-state index contributed by atoms with van der Waals surface area (Å²) in [5.74, 6) is -0.305. The maximum absolute atomic E-state index is 13.5. The zero-order valence-electron chi connectivity index (χ0n) is 18.2. The van der Waals surface area contributed by atoms with Crippen LogP contribution in [0.15, 0.2) is 93.9 Å². The minimum Gasteiger partial charge on any atom is -0.495 e. The maximum atomic E-state index is 13.5. The number of anilines is 2. The molecule has 1 N–H and O–H groups in total. The summed E-state index contributed by atoms with van der Waals surface area (Å²) >= 11 is 4.66. The molecule has 1 saturated heterocycles. The highest BCUT2D eigenvalue weighted by atomic mass is 79.9. The Kier molecular flexibility index (Phi) is 7.36. The first-order valence-corrected chi connectivity index (χ1v) is 12.1. The van der Waals surface area contributed by atoms with Crippen molar-refractivity contribution in [2.45, 2.75) is 11.7 Å². The van der Waals surface area contributed by atoms with Crippen LogP contribution in [-0.4, -0.2) is 24.2 Å².